The summed E-state index contributed by atoms with van der Waals surface area (Å²) in [5, 5.41) is 3.47. The topological polar surface area (TPSA) is 30.5 Å². The molecule has 2 unspecified atom stereocenters. The molecule has 0 aliphatic carbocycles. The number of benzene rings is 1. The lowest BCUT2D eigenvalue weighted by Crippen LogP contribution is -2.40. The molecule has 0 spiro atoms. The van der Waals surface area contributed by atoms with Gasteiger partial charge in [-0.1, -0.05) is 44.2 Å². The van der Waals surface area contributed by atoms with E-state index in [0.29, 0.717) is 13.2 Å². The van der Waals surface area contributed by atoms with Gasteiger partial charge >= 0.3 is 0 Å². The SMILES string of the molecule is CCCOCC(NCC)C(OCC)c1ccccc1. The van der Waals surface area contributed by atoms with Gasteiger partial charge in [0.25, 0.3) is 0 Å². The molecule has 3 heteroatoms. The third kappa shape index (κ3) is 5.72. The smallest absolute Gasteiger partial charge is 0.1000 e. The van der Waals surface area contributed by atoms with Gasteiger partial charge in [-0.05, 0) is 25.5 Å². The van der Waals surface area contributed by atoms with E-state index in [-0.39, 0.29) is 12.1 Å². The first-order valence-corrected chi connectivity index (χ1v) is 7.31. The summed E-state index contributed by atoms with van der Waals surface area (Å²) in [6.07, 6.45) is 1.09. The summed E-state index contributed by atoms with van der Waals surface area (Å²) >= 11 is 0. The van der Waals surface area contributed by atoms with E-state index < -0.39 is 0 Å². The Morgan fingerprint density at radius 2 is 1.84 bits per heavy atom. The highest BCUT2D eigenvalue weighted by Gasteiger charge is 2.22. The first kappa shape index (κ1) is 16.2. The fourth-order valence-electron chi connectivity index (χ4n) is 2.14. The van der Waals surface area contributed by atoms with Gasteiger partial charge in [-0.2, -0.15) is 0 Å². The van der Waals surface area contributed by atoms with E-state index in [0.717, 1.165) is 19.6 Å². The highest BCUT2D eigenvalue weighted by molar-refractivity contribution is 5.19. The van der Waals surface area contributed by atoms with Crippen LogP contribution in [0.2, 0.25) is 0 Å². The highest BCUT2D eigenvalue weighted by atomic mass is 16.5. The predicted molar refractivity (Wildman–Crippen MR) is 79.4 cm³/mol. The Labute approximate surface area is 117 Å². The van der Waals surface area contributed by atoms with Gasteiger partial charge in [0.05, 0.1) is 18.8 Å². The van der Waals surface area contributed by atoms with Crippen LogP contribution in [0.4, 0.5) is 0 Å². The summed E-state index contributed by atoms with van der Waals surface area (Å²) in [4.78, 5) is 0. The van der Waals surface area contributed by atoms with Crippen LogP contribution in [0.15, 0.2) is 30.3 Å². The highest BCUT2D eigenvalue weighted by Crippen LogP contribution is 2.21. The lowest BCUT2D eigenvalue weighted by Gasteiger charge is -2.28. The predicted octanol–water partition coefficient (Wildman–Crippen LogP) is 3.17. The van der Waals surface area contributed by atoms with Crippen molar-refractivity contribution in [1.29, 1.82) is 0 Å². The van der Waals surface area contributed by atoms with Crippen molar-refractivity contribution in [1.82, 2.24) is 5.32 Å². The fraction of sp³-hybridized carbons (Fsp3) is 0.625. The van der Waals surface area contributed by atoms with Gasteiger partial charge in [0.2, 0.25) is 0 Å². The molecule has 0 radical (unpaired) electrons. The second kappa shape index (κ2) is 9.96. The van der Waals surface area contributed by atoms with Gasteiger partial charge in [-0.25, -0.2) is 0 Å². The van der Waals surface area contributed by atoms with E-state index in [9.17, 15) is 0 Å². The van der Waals surface area contributed by atoms with Gasteiger partial charge < -0.3 is 14.8 Å². The van der Waals surface area contributed by atoms with Crippen LogP contribution >= 0.6 is 0 Å². The van der Waals surface area contributed by atoms with Gasteiger partial charge in [0.15, 0.2) is 0 Å². The molecule has 19 heavy (non-hydrogen) atoms. The molecule has 0 fully saturated rings. The van der Waals surface area contributed by atoms with Gasteiger partial charge in [-0.15, -0.1) is 0 Å². The number of rotatable bonds is 10. The van der Waals surface area contributed by atoms with E-state index in [2.05, 4.69) is 43.4 Å². The Bertz CT molecular complexity index is 316. The monoisotopic (exact) mass is 265 g/mol. The first-order valence-electron chi connectivity index (χ1n) is 7.31. The Balaban J connectivity index is 2.73. The molecule has 1 N–H and O–H groups in total. The minimum Gasteiger partial charge on any atom is -0.380 e. The van der Waals surface area contributed by atoms with Crippen molar-refractivity contribution in [3.05, 3.63) is 35.9 Å². The molecule has 2 atom stereocenters. The van der Waals surface area contributed by atoms with Crippen LogP contribution in [-0.4, -0.2) is 32.4 Å². The van der Waals surface area contributed by atoms with E-state index in [4.69, 9.17) is 9.47 Å². The second-order valence-electron chi connectivity index (χ2n) is 4.53. The Morgan fingerprint density at radius 3 is 2.42 bits per heavy atom. The molecule has 0 aromatic heterocycles. The third-order valence-electron chi connectivity index (χ3n) is 2.95. The Hall–Kier alpha value is -0.900. The molecule has 0 heterocycles. The maximum Gasteiger partial charge on any atom is 0.1000 e. The van der Waals surface area contributed by atoms with Crippen LogP contribution in [0.1, 0.15) is 38.9 Å². The number of hydrogen-bond donors (Lipinski definition) is 1. The largest absolute Gasteiger partial charge is 0.380 e. The Morgan fingerprint density at radius 1 is 1.11 bits per heavy atom. The quantitative estimate of drug-likeness (QED) is 0.659. The molecule has 0 saturated heterocycles. The molecule has 1 aromatic rings. The molecule has 0 saturated carbocycles. The number of nitrogens with one attached hydrogen (secondary N) is 1. The van der Waals surface area contributed by atoms with Crippen LogP contribution in [0, 0.1) is 0 Å². The van der Waals surface area contributed by atoms with Crippen LogP contribution < -0.4 is 5.32 Å². The minimum absolute atomic E-state index is 0.0445. The standard InChI is InChI=1S/C16H27NO2/c1-4-12-18-13-15(17-5-2)16(19-6-3)14-10-8-7-9-11-14/h7-11,15-17H,4-6,12-13H2,1-3H3. The van der Waals surface area contributed by atoms with Crippen LogP contribution in [0.3, 0.4) is 0 Å². The summed E-state index contributed by atoms with van der Waals surface area (Å²) in [5.74, 6) is 0. The summed E-state index contributed by atoms with van der Waals surface area (Å²) in [6.45, 7) is 9.37. The van der Waals surface area contributed by atoms with Crippen molar-refractivity contribution < 1.29 is 9.47 Å². The summed E-state index contributed by atoms with van der Waals surface area (Å²) in [6, 6.07) is 10.6. The van der Waals surface area contributed by atoms with Crippen molar-refractivity contribution in [2.75, 3.05) is 26.4 Å². The lowest BCUT2D eigenvalue weighted by molar-refractivity contribution is -0.000626. The van der Waals surface area contributed by atoms with E-state index in [1.165, 1.54) is 5.56 Å². The van der Waals surface area contributed by atoms with Crippen LogP contribution in [0.5, 0.6) is 0 Å². The van der Waals surface area contributed by atoms with E-state index >= 15 is 0 Å². The molecular formula is C16H27NO2. The van der Waals surface area contributed by atoms with Gasteiger partial charge in [0, 0.05) is 13.2 Å². The van der Waals surface area contributed by atoms with Crippen molar-refractivity contribution >= 4 is 0 Å². The molecule has 0 aliphatic heterocycles. The molecule has 1 rings (SSSR count). The van der Waals surface area contributed by atoms with Gasteiger partial charge in [-0.3, -0.25) is 0 Å². The average molecular weight is 265 g/mol. The van der Waals surface area contributed by atoms with Crippen LogP contribution in [-0.2, 0) is 9.47 Å². The van der Waals surface area contributed by atoms with Crippen molar-refractivity contribution in [2.45, 2.75) is 39.3 Å². The summed E-state index contributed by atoms with van der Waals surface area (Å²) < 4.78 is 11.6. The maximum absolute atomic E-state index is 5.93. The normalized spacial score (nSPS) is 14.3. The molecule has 0 bridgehead atoms. The third-order valence-corrected chi connectivity index (χ3v) is 2.95. The Kier molecular flexibility index (Phi) is 8.47. The number of hydrogen-bond acceptors (Lipinski definition) is 3. The zero-order valence-corrected chi connectivity index (χ0v) is 12.4. The van der Waals surface area contributed by atoms with Crippen molar-refractivity contribution in [3.63, 3.8) is 0 Å². The molecule has 0 aliphatic rings. The average Bonchev–Trinajstić information content (AvgIpc) is 2.45. The molecular weight excluding hydrogens is 238 g/mol. The molecule has 108 valence electrons. The van der Waals surface area contributed by atoms with E-state index in [1.807, 2.05) is 13.0 Å². The van der Waals surface area contributed by atoms with Crippen LogP contribution in [0.25, 0.3) is 0 Å². The first-order chi connectivity index (χ1) is 9.33. The summed E-state index contributed by atoms with van der Waals surface area (Å²) in [7, 11) is 0. The minimum atomic E-state index is 0.0445. The fourth-order valence-corrected chi connectivity index (χ4v) is 2.14. The van der Waals surface area contributed by atoms with E-state index in [1.54, 1.807) is 0 Å². The molecule has 1 aromatic carbocycles. The van der Waals surface area contributed by atoms with Gasteiger partial charge in [0.1, 0.15) is 0 Å². The van der Waals surface area contributed by atoms with Crippen molar-refractivity contribution in [2.24, 2.45) is 0 Å². The molecule has 3 nitrogen and oxygen atoms in total. The maximum atomic E-state index is 5.93. The number of ether oxygens (including phenoxy) is 2. The summed E-state index contributed by atoms with van der Waals surface area (Å²) in [5.41, 5.74) is 1.20. The lowest BCUT2D eigenvalue weighted by atomic mass is 10.0. The van der Waals surface area contributed by atoms with Crippen molar-refractivity contribution in [3.8, 4) is 0 Å². The zero-order valence-electron chi connectivity index (χ0n) is 12.4. The second-order valence-corrected chi connectivity index (χ2v) is 4.53. The molecule has 0 amide bonds. The zero-order chi connectivity index (χ0) is 13.9. The number of likely N-dealkylation sites (N-methyl/N-ethyl adjacent to an activating group) is 1.